The first-order valence-electron chi connectivity index (χ1n) is 7.44. The van der Waals surface area contributed by atoms with Gasteiger partial charge in [-0.05, 0) is 44.9 Å². The maximum Gasteiger partial charge on any atom is 0.240 e. The fourth-order valence-corrected chi connectivity index (χ4v) is 2.46. The second-order valence-corrected chi connectivity index (χ2v) is 5.73. The zero-order valence-electron chi connectivity index (χ0n) is 12.4. The Morgan fingerprint density at radius 2 is 2.11 bits per heavy atom. The number of likely N-dealkylation sites (tertiary alicyclic amines) is 1. The molecule has 0 aliphatic carbocycles. The van der Waals surface area contributed by atoms with E-state index < -0.39 is 0 Å². The van der Waals surface area contributed by atoms with Crippen LogP contribution in [0.3, 0.4) is 0 Å². The van der Waals surface area contributed by atoms with Crippen LogP contribution in [0.2, 0.25) is 0 Å². The predicted molar refractivity (Wildman–Crippen MR) is 74.9 cm³/mol. The lowest BCUT2D eigenvalue weighted by atomic mass is 9.97. The van der Waals surface area contributed by atoms with Gasteiger partial charge in [-0.15, -0.1) is 0 Å². The summed E-state index contributed by atoms with van der Waals surface area (Å²) in [7, 11) is 0. The van der Waals surface area contributed by atoms with Crippen molar-refractivity contribution in [1.82, 2.24) is 20.4 Å². The number of hydrogen-bond acceptors (Lipinski definition) is 5. The third-order valence-electron chi connectivity index (χ3n) is 3.75. The molecule has 2 heterocycles. The molecule has 1 aromatic heterocycles. The van der Waals surface area contributed by atoms with Crippen LogP contribution in [-0.2, 0) is 6.54 Å². The van der Waals surface area contributed by atoms with Crippen LogP contribution in [0, 0.1) is 5.92 Å². The highest BCUT2D eigenvalue weighted by atomic mass is 16.5. The number of nitrogens with zero attached hydrogens (tertiary/aromatic N) is 3. The standard InChI is InChI=1S/C14H26N4O/c1-4-15-9-12-5-7-18(8-6-12)10-13-16-14(11(2)3)17-19-13/h11-12,15H,4-10H2,1-3H3. The molecule has 1 saturated heterocycles. The molecular formula is C14H26N4O. The molecule has 1 fully saturated rings. The molecule has 0 bridgehead atoms. The minimum atomic E-state index is 0.336. The van der Waals surface area contributed by atoms with Gasteiger partial charge in [0.1, 0.15) is 0 Å². The van der Waals surface area contributed by atoms with Crippen LogP contribution in [0.5, 0.6) is 0 Å². The average Bonchev–Trinajstić information content (AvgIpc) is 2.87. The molecule has 0 saturated carbocycles. The lowest BCUT2D eigenvalue weighted by Crippen LogP contribution is -2.36. The monoisotopic (exact) mass is 266 g/mol. The van der Waals surface area contributed by atoms with Crippen molar-refractivity contribution in [3.8, 4) is 0 Å². The average molecular weight is 266 g/mol. The molecule has 1 aliphatic heterocycles. The Morgan fingerprint density at radius 3 is 2.68 bits per heavy atom. The number of hydrogen-bond donors (Lipinski definition) is 1. The minimum Gasteiger partial charge on any atom is -0.338 e. The van der Waals surface area contributed by atoms with Crippen molar-refractivity contribution >= 4 is 0 Å². The molecule has 0 radical (unpaired) electrons. The highest BCUT2D eigenvalue weighted by molar-refractivity contribution is 4.92. The van der Waals surface area contributed by atoms with E-state index in [0.717, 1.165) is 50.4 Å². The topological polar surface area (TPSA) is 54.2 Å². The van der Waals surface area contributed by atoms with Gasteiger partial charge in [0.15, 0.2) is 5.82 Å². The van der Waals surface area contributed by atoms with E-state index in [0.29, 0.717) is 5.92 Å². The summed E-state index contributed by atoms with van der Waals surface area (Å²) in [5.74, 6) is 2.74. The summed E-state index contributed by atoms with van der Waals surface area (Å²) in [4.78, 5) is 6.86. The highest BCUT2D eigenvalue weighted by Gasteiger charge is 2.20. The summed E-state index contributed by atoms with van der Waals surface area (Å²) in [6, 6.07) is 0. The molecular weight excluding hydrogens is 240 g/mol. The fraction of sp³-hybridized carbons (Fsp3) is 0.857. The smallest absolute Gasteiger partial charge is 0.240 e. The number of nitrogens with one attached hydrogen (secondary N) is 1. The van der Waals surface area contributed by atoms with E-state index >= 15 is 0 Å². The van der Waals surface area contributed by atoms with Crippen molar-refractivity contribution in [1.29, 1.82) is 0 Å². The summed E-state index contributed by atoms with van der Waals surface area (Å²) in [6.07, 6.45) is 2.52. The molecule has 5 nitrogen and oxygen atoms in total. The largest absolute Gasteiger partial charge is 0.338 e. The normalized spacial score (nSPS) is 18.3. The summed E-state index contributed by atoms with van der Waals surface area (Å²) < 4.78 is 5.31. The van der Waals surface area contributed by atoms with Crippen molar-refractivity contribution in [2.24, 2.45) is 5.92 Å². The van der Waals surface area contributed by atoms with Crippen LogP contribution >= 0.6 is 0 Å². The van der Waals surface area contributed by atoms with Crippen molar-refractivity contribution < 1.29 is 4.52 Å². The molecule has 108 valence electrons. The summed E-state index contributed by atoms with van der Waals surface area (Å²) in [6.45, 7) is 11.6. The van der Waals surface area contributed by atoms with Crippen LogP contribution in [0.4, 0.5) is 0 Å². The third kappa shape index (κ3) is 4.28. The van der Waals surface area contributed by atoms with Gasteiger partial charge < -0.3 is 9.84 Å². The molecule has 1 N–H and O–H groups in total. The minimum absolute atomic E-state index is 0.336. The molecule has 5 heteroatoms. The third-order valence-corrected chi connectivity index (χ3v) is 3.75. The van der Waals surface area contributed by atoms with Crippen LogP contribution in [0.15, 0.2) is 4.52 Å². The van der Waals surface area contributed by atoms with Crippen molar-refractivity contribution in [3.05, 3.63) is 11.7 Å². The van der Waals surface area contributed by atoms with Gasteiger partial charge in [0.2, 0.25) is 5.89 Å². The Hall–Kier alpha value is -0.940. The van der Waals surface area contributed by atoms with Crippen molar-refractivity contribution in [2.75, 3.05) is 26.2 Å². The molecule has 1 aromatic rings. The van der Waals surface area contributed by atoms with Crippen LogP contribution in [0.25, 0.3) is 0 Å². The van der Waals surface area contributed by atoms with Gasteiger partial charge in [-0.3, -0.25) is 4.90 Å². The molecule has 0 aromatic carbocycles. The number of aromatic nitrogens is 2. The lowest BCUT2D eigenvalue weighted by Gasteiger charge is -2.30. The van der Waals surface area contributed by atoms with E-state index in [1.54, 1.807) is 0 Å². The van der Waals surface area contributed by atoms with Gasteiger partial charge in [-0.25, -0.2) is 0 Å². The van der Waals surface area contributed by atoms with Crippen molar-refractivity contribution in [2.45, 2.75) is 46.1 Å². The predicted octanol–water partition coefficient (Wildman–Crippen LogP) is 2.01. The van der Waals surface area contributed by atoms with Crippen LogP contribution in [0.1, 0.15) is 51.2 Å². The van der Waals surface area contributed by atoms with Gasteiger partial charge in [0.05, 0.1) is 6.54 Å². The van der Waals surface area contributed by atoms with E-state index in [1.165, 1.54) is 12.8 Å². The van der Waals surface area contributed by atoms with Gasteiger partial charge in [-0.1, -0.05) is 25.9 Å². The van der Waals surface area contributed by atoms with Crippen LogP contribution < -0.4 is 5.32 Å². The van der Waals surface area contributed by atoms with Gasteiger partial charge >= 0.3 is 0 Å². The van der Waals surface area contributed by atoms with E-state index in [9.17, 15) is 0 Å². The van der Waals surface area contributed by atoms with E-state index in [-0.39, 0.29) is 0 Å². The number of rotatable bonds is 6. The quantitative estimate of drug-likeness (QED) is 0.853. The first-order valence-corrected chi connectivity index (χ1v) is 7.44. The zero-order chi connectivity index (χ0) is 13.7. The zero-order valence-corrected chi connectivity index (χ0v) is 12.4. The first kappa shape index (κ1) is 14.5. The van der Waals surface area contributed by atoms with E-state index in [1.807, 2.05) is 0 Å². The van der Waals surface area contributed by atoms with E-state index in [2.05, 4.69) is 41.1 Å². The fourth-order valence-electron chi connectivity index (χ4n) is 2.46. The Bertz CT molecular complexity index is 369. The SMILES string of the molecule is CCNCC1CCN(Cc2nc(C(C)C)no2)CC1. The molecule has 0 amide bonds. The molecule has 1 aliphatic rings. The van der Waals surface area contributed by atoms with E-state index in [4.69, 9.17) is 4.52 Å². The summed E-state index contributed by atoms with van der Waals surface area (Å²) >= 11 is 0. The molecule has 0 atom stereocenters. The molecule has 0 spiro atoms. The Kier molecular flexibility index (Phi) is 5.34. The summed E-state index contributed by atoms with van der Waals surface area (Å²) in [5.41, 5.74) is 0. The maximum atomic E-state index is 5.31. The molecule has 2 rings (SSSR count). The second-order valence-electron chi connectivity index (χ2n) is 5.73. The van der Waals surface area contributed by atoms with Gasteiger partial charge in [-0.2, -0.15) is 4.98 Å². The Labute approximate surface area is 115 Å². The second kappa shape index (κ2) is 7.01. The number of piperidine rings is 1. The Morgan fingerprint density at radius 1 is 1.37 bits per heavy atom. The molecule has 19 heavy (non-hydrogen) atoms. The van der Waals surface area contributed by atoms with Crippen molar-refractivity contribution in [3.63, 3.8) is 0 Å². The lowest BCUT2D eigenvalue weighted by molar-refractivity contribution is 0.158. The first-order chi connectivity index (χ1) is 9.19. The Balaban J connectivity index is 1.75. The highest BCUT2D eigenvalue weighted by Crippen LogP contribution is 2.18. The van der Waals surface area contributed by atoms with Gasteiger partial charge in [0.25, 0.3) is 0 Å². The maximum absolute atomic E-state index is 5.31. The molecule has 0 unspecified atom stereocenters. The van der Waals surface area contributed by atoms with Crippen LogP contribution in [-0.4, -0.2) is 41.2 Å². The summed E-state index contributed by atoms with van der Waals surface area (Å²) in [5, 5.41) is 7.45. The van der Waals surface area contributed by atoms with Gasteiger partial charge in [0, 0.05) is 5.92 Å².